The Hall–Kier alpha value is -3.38. The van der Waals surface area contributed by atoms with Crippen LogP contribution in [-0.4, -0.2) is 60.9 Å². The Morgan fingerprint density at radius 1 is 1.14 bits per heavy atom. The molecule has 13 heteroatoms. The van der Waals surface area contributed by atoms with Crippen LogP contribution in [0.3, 0.4) is 0 Å². The van der Waals surface area contributed by atoms with E-state index in [4.69, 9.17) is 30.8 Å². The number of nitrogens with one attached hydrogen (secondary N) is 1. The van der Waals surface area contributed by atoms with E-state index in [1.54, 1.807) is 24.5 Å². The number of H-pyrrole nitrogens is 1. The van der Waals surface area contributed by atoms with Gasteiger partial charge in [0.05, 0.1) is 40.5 Å². The highest BCUT2D eigenvalue weighted by Gasteiger charge is 2.38. The molecule has 5 heterocycles. The predicted molar refractivity (Wildman–Crippen MR) is 155 cm³/mol. The third-order valence-corrected chi connectivity index (χ3v) is 8.66. The number of ether oxygens (including phenoxy) is 1. The number of rotatable bonds is 7. The van der Waals surface area contributed by atoms with E-state index in [-0.39, 0.29) is 18.3 Å². The average Bonchev–Trinajstić information content (AvgIpc) is 3.53. The van der Waals surface area contributed by atoms with Gasteiger partial charge in [-0.1, -0.05) is 36.5 Å². The second-order valence-electron chi connectivity index (χ2n) is 11.8. The summed E-state index contributed by atoms with van der Waals surface area (Å²) in [6, 6.07) is 3.19. The Balaban J connectivity index is 1.54. The van der Waals surface area contributed by atoms with Crippen molar-refractivity contribution in [3.8, 4) is 22.8 Å². The summed E-state index contributed by atoms with van der Waals surface area (Å²) in [4.78, 5) is 30.7. The molecule has 4 aromatic rings. The van der Waals surface area contributed by atoms with Crippen molar-refractivity contribution in [3.63, 3.8) is 0 Å². The largest absolute Gasteiger partial charge is 0.439 e. The van der Waals surface area contributed by atoms with Crippen molar-refractivity contribution < 1.29 is 18.0 Å². The Kier molecular flexibility index (Phi) is 7.77. The number of halogens is 3. The number of aromatic amines is 1. The second kappa shape index (κ2) is 11.4. The number of morpholine rings is 1. The van der Waals surface area contributed by atoms with Gasteiger partial charge in [0.2, 0.25) is 17.7 Å². The molecule has 224 valence electrons. The van der Waals surface area contributed by atoms with Gasteiger partial charge in [0.1, 0.15) is 5.69 Å². The van der Waals surface area contributed by atoms with Crippen molar-refractivity contribution >= 4 is 28.6 Å². The Bertz CT molecular complexity index is 1620. The molecule has 6 rings (SSSR count). The highest BCUT2D eigenvalue weighted by atomic mass is 35.5. The van der Waals surface area contributed by atoms with Gasteiger partial charge in [-0.05, 0) is 50.7 Å². The van der Waals surface area contributed by atoms with Crippen LogP contribution >= 0.6 is 11.6 Å². The molecule has 0 amide bonds. The molecule has 2 aliphatic rings. The molecular formula is C29H34ClF2N7O3. The number of fused-ring (bicyclic) bond motifs is 1. The van der Waals surface area contributed by atoms with E-state index >= 15 is 0 Å². The number of imidazole rings is 1. The smallest absolute Gasteiger partial charge is 0.374 e. The Labute approximate surface area is 246 Å². The van der Waals surface area contributed by atoms with Gasteiger partial charge in [0.15, 0.2) is 0 Å². The quantitative estimate of drug-likeness (QED) is 0.276. The monoisotopic (exact) mass is 601 g/mol. The third-order valence-electron chi connectivity index (χ3n) is 8.45. The van der Waals surface area contributed by atoms with Crippen molar-refractivity contribution in [2.24, 2.45) is 11.8 Å². The minimum atomic E-state index is -2.86. The molecule has 2 atom stereocenters. The summed E-state index contributed by atoms with van der Waals surface area (Å²) in [6.45, 7) is 6.63. The van der Waals surface area contributed by atoms with Crippen molar-refractivity contribution in [3.05, 3.63) is 40.1 Å². The van der Waals surface area contributed by atoms with E-state index in [9.17, 15) is 13.6 Å². The molecule has 1 aliphatic heterocycles. The number of pyridine rings is 2. The van der Waals surface area contributed by atoms with Crippen molar-refractivity contribution in [1.82, 2.24) is 29.7 Å². The summed E-state index contributed by atoms with van der Waals surface area (Å²) in [6.07, 6.45) is 6.67. The lowest BCUT2D eigenvalue weighted by Gasteiger charge is -2.41. The summed E-state index contributed by atoms with van der Waals surface area (Å²) in [5, 5.41) is 4.29. The zero-order chi connectivity index (χ0) is 29.6. The average molecular weight is 602 g/mol. The lowest BCUT2D eigenvalue weighted by atomic mass is 9.83. The number of nitrogens with zero attached hydrogens (tertiary/aromatic N) is 6. The fraction of sp³-hybridized carbons (Fsp3) is 0.552. The first-order valence-electron chi connectivity index (χ1n) is 14.4. The third kappa shape index (κ3) is 5.92. The molecule has 1 saturated carbocycles. The van der Waals surface area contributed by atoms with Crippen LogP contribution in [0.5, 0.6) is 0 Å². The molecule has 2 unspecified atom stereocenters. The molecule has 0 spiro atoms. The lowest BCUT2D eigenvalue weighted by Crippen LogP contribution is -2.52. The van der Waals surface area contributed by atoms with Crippen LogP contribution in [0.1, 0.15) is 52.9 Å². The van der Waals surface area contributed by atoms with Crippen LogP contribution in [0.15, 0.2) is 33.8 Å². The molecule has 2 fully saturated rings. The van der Waals surface area contributed by atoms with Crippen LogP contribution < -0.4 is 10.7 Å². The SMILES string of the molecule is CC1CCC(Cn2c(N3CCOC(CC(C)(F)F)C3C)nc3cc(-c4noc(=O)[nH]4)nc(-c4cncc(Cl)c4)c32)CC1. The van der Waals surface area contributed by atoms with Gasteiger partial charge in [-0.15, -0.1) is 0 Å². The summed E-state index contributed by atoms with van der Waals surface area (Å²) in [5.74, 6) is -1.61. The van der Waals surface area contributed by atoms with Gasteiger partial charge < -0.3 is 14.2 Å². The molecule has 42 heavy (non-hydrogen) atoms. The normalized spacial score (nSPS) is 23.5. The van der Waals surface area contributed by atoms with Gasteiger partial charge in [-0.2, -0.15) is 0 Å². The zero-order valence-corrected chi connectivity index (χ0v) is 24.6. The van der Waals surface area contributed by atoms with E-state index in [2.05, 4.69) is 31.5 Å². The number of alkyl halides is 2. The number of hydrogen-bond acceptors (Lipinski definition) is 8. The number of hydrogen-bond donors (Lipinski definition) is 1. The predicted octanol–water partition coefficient (Wildman–Crippen LogP) is 5.96. The standard InChI is InChI=1S/C29H34ClF2N7O3/c1-16-4-6-18(7-5-16)15-39-25-21(35-27(39)38-8-9-41-23(17(38)2)12-29(3,31)32)11-22(26-36-28(40)42-37-26)34-24(25)19-10-20(30)14-33-13-19/h10-11,13-14,16-18,23H,4-9,12,15H2,1-3H3,(H,36,37,40). The van der Waals surface area contributed by atoms with Gasteiger partial charge >= 0.3 is 5.76 Å². The molecule has 0 aromatic carbocycles. The van der Waals surface area contributed by atoms with Gasteiger partial charge in [0.25, 0.3) is 0 Å². The molecule has 1 aliphatic carbocycles. The van der Waals surface area contributed by atoms with Crippen molar-refractivity contribution in [1.29, 1.82) is 0 Å². The van der Waals surface area contributed by atoms with Crippen molar-refractivity contribution in [2.75, 3.05) is 18.1 Å². The van der Waals surface area contributed by atoms with Crippen LogP contribution in [0.25, 0.3) is 33.8 Å². The number of anilines is 1. The summed E-state index contributed by atoms with van der Waals surface area (Å²) < 4.78 is 41.0. The van der Waals surface area contributed by atoms with Crippen LogP contribution in [-0.2, 0) is 11.3 Å². The highest BCUT2D eigenvalue weighted by Crippen LogP contribution is 2.38. The maximum atomic E-state index is 14.1. The van der Waals surface area contributed by atoms with Crippen LogP contribution in [0, 0.1) is 11.8 Å². The van der Waals surface area contributed by atoms with Gasteiger partial charge in [-0.3, -0.25) is 14.5 Å². The summed E-state index contributed by atoms with van der Waals surface area (Å²) in [7, 11) is 0. The molecule has 4 aromatic heterocycles. The maximum absolute atomic E-state index is 14.1. The number of aromatic nitrogens is 6. The molecule has 0 bridgehead atoms. The van der Waals surface area contributed by atoms with E-state index in [1.807, 2.05) is 6.92 Å². The first-order chi connectivity index (χ1) is 20.1. The van der Waals surface area contributed by atoms with Gasteiger partial charge in [-0.25, -0.2) is 23.5 Å². The molecule has 10 nitrogen and oxygen atoms in total. The minimum absolute atomic E-state index is 0.167. The van der Waals surface area contributed by atoms with E-state index < -0.39 is 17.8 Å². The van der Waals surface area contributed by atoms with Crippen LogP contribution in [0.2, 0.25) is 5.02 Å². The molecule has 1 saturated heterocycles. The first kappa shape index (κ1) is 28.7. The van der Waals surface area contributed by atoms with Crippen molar-refractivity contribution in [2.45, 2.75) is 77.5 Å². The topological polar surface area (TPSA) is 115 Å². The molecule has 0 radical (unpaired) electrons. The van der Waals surface area contributed by atoms with Gasteiger partial charge in [0, 0.05) is 37.5 Å². The summed E-state index contributed by atoms with van der Waals surface area (Å²) >= 11 is 6.36. The molecule has 1 N–H and O–H groups in total. The highest BCUT2D eigenvalue weighted by molar-refractivity contribution is 6.30. The Morgan fingerprint density at radius 2 is 1.93 bits per heavy atom. The van der Waals surface area contributed by atoms with Crippen LogP contribution in [0.4, 0.5) is 14.7 Å². The second-order valence-corrected chi connectivity index (χ2v) is 12.3. The lowest BCUT2D eigenvalue weighted by molar-refractivity contribution is -0.0695. The fourth-order valence-corrected chi connectivity index (χ4v) is 6.40. The van der Waals surface area contributed by atoms with E-state index in [1.165, 1.54) is 0 Å². The Morgan fingerprint density at radius 3 is 2.62 bits per heavy atom. The van der Waals surface area contributed by atoms with E-state index in [0.29, 0.717) is 65.0 Å². The fourth-order valence-electron chi connectivity index (χ4n) is 6.22. The summed E-state index contributed by atoms with van der Waals surface area (Å²) in [5.41, 5.74) is 3.00. The zero-order valence-electron chi connectivity index (χ0n) is 23.8. The maximum Gasteiger partial charge on any atom is 0.439 e. The molecular weight excluding hydrogens is 568 g/mol. The minimum Gasteiger partial charge on any atom is -0.374 e. The first-order valence-corrected chi connectivity index (χ1v) is 14.8. The van der Waals surface area contributed by atoms with E-state index in [0.717, 1.165) is 38.1 Å².